The first-order chi connectivity index (χ1) is 8.89. The van der Waals surface area contributed by atoms with Crippen molar-refractivity contribution in [3.63, 3.8) is 0 Å². The van der Waals surface area contributed by atoms with Crippen LogP contribution in [0, 0.1) is 5.41 Å². The Hall–Kier alpha value is -0.960. The molecule has 1 aliphatic carbocycles. The summed E-state index contributed by atoms with van der Waals surface area (Å²) in [4.78, 5) is 15.2. The molecule has 2 rings (SSSR count). The average Bonchev–Trinajstić information content (AvgIpc) is 2.38. The van der Waals surface area contributed by atoms with Crippen LogP contribution in [0.25, 0.3) is 0 Å². The van der Waals surface area contributed by atoms with Crippen LogP contribution in [-0.4, -0.2) is 23.9 Å². The molecule has 0 N–H and O–H groups in total. The Labute approximate surface area is 121 Å². The molecule has 0 spiro atoms. The molecule has 1 aromatic rings. The fraction of sp³-hybridized carbons (Fsp3) is 0.562. The van der Waals surface area contributed by atoms with E-state index in [9.17, 15) is 4.79 Å². The topological polar surface area (TPSA) is 20.3 Å². The van der Waals surface area contributed by atoms with Crippen LogP contribution in [0.15, 0.2) is 29.2 Å². The van der Waals surface area contributed by atoms with Crippen LogP contribution in [-0.2, 0) is 0 Å². The maximum absolute atomic E-state index is 12.4. The van der Waals surface area contributed by atoms with E-state index in [1.165, 1.54) is 12.8 Å². The molecule has 0 aromatic heterocycles. The molecule has 0 saturated heterocycles. The summed E-state index contributed by atoms with van der Waals surface area (Å²) < 4.78 is 0. The van der Waals surface area contributed by atoms with Crippen molar-refractivity contribution in [1.82, 2.24) is 4.90 Å². The number of rotatable bonds is 2. The van der Waals surface area contributed by atoms with Crippen molar-refractivity contribution >= 4 is 18.5 Å². The molecule has 0 bridgehead atoms. The molecular formula is C16H23NOS. The highest BCUT2D eigenvalue weighted by molar-refractivity contribution is 7.80. The first kappa shape index (κ1) is 14.4. The van der Waals surface area contributed by atoms with Gasteiger partial charge in [0.05, 0.1) is 0 Å². The van der Waals surface area contributed by atoms with Crippen LogP contribution < -0.4 is 0 Å². The van der Waals surface area contributed by atoms with Crippen molar-refractivity contribution in [2.45, 2.75) is 50.5 Å². The quantitative estimate of drug-likeness (QED) is 0.810. The largest absolute Gasteiger partial charge is 0.339 e. The molecule has 0 aliphatic heterocycles. The lowest BCUT2D eigenvalue weighted by atomic mass is 9.75. The first-order valence-corrected chi connectivity index (χ1v) is 7.40. The van der Waals surface area contributed by atoms with E-state index in [4.69, 9.17) is 0 Å². The highest BCUT2D eigenvalue weighted by Gasteiger charge is 2.30. The van der Waals surface area contributed by atoms with Crippen LogP contribution >= 0.6 is 12.6 Å². The molecule has 19 heavy (non-hydrogen) atoms. The SMILES string of the molecule is CN(C(=O)c1ccc(S)cc1)C1CCC(C)(C)CC1. The minimum absolute atomic E-state index is 0.123. The lowest BCUT2D eigenvalue weighted by Crippen LogP contribution is -2.40. The monoisotopic (exact) mass is 277 g/mol. The lowest BCUT2D eigenvalue weighted by Gasteiger charge is -2.38. The van der Waals surface area contributed by atoms with Gasteiger partial charge in [-0.3, -0.25) is 4.79 Å². The zero-order valence-corrected chi connectivity index (χ0v) is 12.9. The summed E-state index contributed by atoms with van der Waals surface area (Å²) in [6.45, 7) is 4.63. The Morgan fingerprint density at radius 1 is 1.21 bits per heavy atom. The highest BCUT2D eigenvalue weighted by Crippen LogP contribution is 2.36. The number of hydrogen-bond acceptors (Lipinski definition) is 2. The van der Waals surface area contributed by atoms with E-state index in [-0.39, 0.29) is 5.91 Å². The van der Waals surface area contributed by atoms with Crippen molar-refractivity contribution < 1.29 is 4.79 Å². The normalized spacial score (nSPS) is 19.2. The van der Waals surface area contributed by atoms with Crippen LogP contribution in [0.3, 0.4) is 0 Å². The van der Waals surface area contributed by atoms with E-state index < -0.39 is 0 Å². The molecule has 0 atom stereocenters. The number of hydrogen-bond donors (Lipinski definition) is 1. The fourth-order valence-corrected chi connectivity index (χ4v) is 2.89. The molecule has 0 radical (unpaired) electrons. The summed E-state index contributed by atoms with van der Waals surface area (Å²) in [5.74, 6) is 0.123. The Balaban J connectivity index is 2.02. The van der Waals surface area contributed by atoms with Crippen molar-refractivity contribution in [3.8, 4) is 0 Å². The molecule has 1 aliphatic rings. The maximum Gasteiger partial charge on any atom is 0.253 e. The number of amides is 1. The molecular weight excluding hydrogens is 254 g/mol. The van der Waals surface area contributed by atoms with Gasteiger partial charge in [-0.15, -0.1) is 12.6 Å². The van der Waals surface area contributed by atoms with Gasteiger partial charge in [0.25, 0.3) is 5.91 Å². The van der Waals surface area contributed by atoms with Gasteiger partial charge in [-0.05, 0) is 55.4 Å². The van der Waals surface area contributed by atoms with E-state index in [1.54, 1.807) is 0 Å². The Bertz CT molecular complexity index is 442. The van der Waals surface area contributed by atoms with Crippen LogP contribution in [0.2, 0.25) is 0 Å². The molecule has 2 nitrogen and oxygen atoms in total. The first-order valence-electron chi connectivity index (χ1n) is 6.95. The average molecular weight is 277 g/mol. The van der Waals surface area contributed by atoms with Gasteiger partial charge in [0.1, 0.15) is 0 Å². The third kappa shape index (κ3) is 3.53. The second kappa shape index (κ2) is 5.58. The molecule has 1 amide bonds. The van der Waals surface area contributed by atoms with Crippen molar-refractivity contribution in [2.75, 3.05) is 7.05 Å². The van der Waals surface area contributed by atoms with E-state index >= 15 is 0 Å². The van der Waals surface area contributed by atoms with Gasteiger partial charge in [0.15, 0.2) is 0 Å². The molecule has 104 valence electrons. The van der Waals surface area contributed by atoms with Gasteiger partial charge in [-0.2, -0.15) is 0 Å². The predicted octanol–water partition coefficient (Wildman–Crippen LogP) is 4.02. The number of carbonyl (C=O) groups is 1. The minimum Gasteiger partial charge on any atom is -0.339 e. The van der Waals surface area contributed by atoms with Gasteiger partial charge in [0.2, 0.25) is 0 Å². The van der Waals surface area contributed by atoms with Crippen molar-refractivity contribution in [1.29, 1.82) is 0 Å². The summed E-state index contributed by atoms with van der Waals surface area (Å²) in [5, 5.41) is 0. The Morgan fingerprint density at radius 2 is 1.74 bits per heavy atom. The fourth-order valence-electron chi connectivity index (χ4n) is 2.74. The van der Waals surface area contributed by atoms with Gasteiger partial charge >= 0.3 is 0 Å². The zero-order chi connectivity index (χ0) is 14.0. The van der Waals surface area contributed by atoms with Gasteiger partial charge < -0.3 is 4.90 Å². The van der Waals surface area contributed by atoms with Crippen LogP contribution in [0.1, 0.15) is 49.9 Å². The third-order valence-corrected chi connectivity index (χ3v) is 4.59. The number of thiol groups is 1. The Kier molecular flexibility index (Phi) is 4.24. The molecule has 0 unspecified atom stereocenters. The molecule has 1 aromatic carbocycles. The highest BCUT2D eigenvalue weighted by atomic mass is 32.1. The van der Waals surface area contributed by atoms with Gasteiger partial charge in [0, 0.05) is 23.5 Å². The van der Waals surface area contributed by atoms with Crippen molar-refractivity contribution in [2.24, 2.45) is 5.41 Å². The number of benzene rings is 1. The second-order valence-corrected chi connectivity index (χ2v) is 6.87. The number of carbonyl (C=O) groups excluding carboxylic acids is 1. The number of nitrogens with zero attached hydrogens (tertiary/aromatic N) is 1. The maximum atomic E-state index is 12.4. The van der Waals surface area contributed by atoms with E-state index in [0.717, 1.165) is 23.3 Å². The van der Waals surface area contributed by atoms with E-state index in [2.05, 4.69) is 26.5 Å². The summed E-state index contributed by atoms with van der Waals surface area (Å²) in [7, 11) is 1.93. The molecule has 1 saturated carbocycles. The van der Waals surface area contributed by atoms with Gasteiger partial charge in [-0.25, -0.2) is 0 Å². The summed E-state index contributed by atoms with van der Waals surface area (Å²) in [6.07, 6.45) is 4.62. The minimum atomic E-state index is 0.123. The van der Waals surface area contributed by atoms with Crippen LogP contribution in [0.5, 0.6) is 0 Å². The van der Waals surface area contributed by atoms with Crippen molar-refractivity contribution in [3.05, 3.63) is 29.8 Å². The smallest absolute Gasteiger partial charge is 0.253 e. The molecule has 1 fully saturated rings. The standard InChI is InChI=1S/C16H23NOS/c1-16(2)10-8-13(9-11-16)17(3)15(18)12-4-6-14(19)7-5-12/h4-7,13,19H,8-11H2,1-3H3. The summed E-state index contributed by atoms with van der Waals surface area (Å²) in [5.41, 5.74) is 1.19. The summed E-state index contributed by atoms with van der Waals surface area (Å²) in [6, 6.07) is 7.83. The molecule has 3 heteroatoms. The molecule has 0 heterocycles. The Morgan fingerprint density at radius 3 is 2.26 bits per heavy atom. The van der Waals surface area contributed by atoms with E-state index in [1.807, 2.05) is 36.2 Å². The van der Waals surface area contributed by atoms with Crippen LogP contribution in [0.4, 0.5) is 0 Å². The second-order valence-electron chi connectivity index (χ2n) is 6.36. The lowest BCUT2D eigenvalue weighted by molar-refractivity contribution is 0.0635. The van der Waals surface area contributed by atoms with E-state index in [0.29, 0.717) is 11.5 Å². The zero-order valence-electron chi connectivity index (χ0n) is 12.0. The van der Waals surface area contributed by atoms with Gasteiger partial charge in [-0.1, -0.05) is 13.8 Å². The third-order valence-electron chi connectivity index (χ3n) is 4.29. The predicted molar refractivity (Wildman–Crippen MR) is 81.8 cm³/mol. The summed E-state index contributed by atoms with van der Waals surface area (Å²) >= 11 is 4.25.